The second-order valence-corrected chi connectivity index (χ2v) is 7.15. The Labute approximate surface area is 128 Å². The van der Waals surface area contributed by atoms with E-state index in [-0.39, 0.29) is 7.18 Å². The van der Waals surface area contributed by atoms with Gasteiger partial charge in [0.1, 0.15) is 11.3 Å². The van der Waals surface area contributed by atoms with Gasteiger partial charge in [-0.3, -0.25) is 4.72 Å². The van der Waals surface area contributed by atoms with Gasteiger partial charge in [0.25, 0.3) is 0 Å². The maximum Gasteiger partial charge on any atom is 0.232 e. The number of furan rings is 1. The fourth-order valence-corrected chi connectivity index (χ4v) is 2.85. The minimum Gasteiger partial charge on any atom is -0.461 e. The molecule has 1 fully saturated rings. The van der Waals surface area contributed by atoms with Gasteiger partial charge in [-0.1, -0.05) is 13.8 Å². The van der Waals surface area contributed by atoms with Gasteiger partial charge in [0.2, 0.25) is 10.0 Å². The lowest BCUT2D eigenvalue weighted by atomic mass is 10.1. The van der Waals surface area contributed by atoms with Crippen LogP contribution >= 0.6 is 0 Å². The predicted molar refractivity (Wildman–Crippen MR) is 89.5 cm³/mol. The second kappa shape index (κ2) is 6.10. The summed E-state index contributed by atoms with van der Waals surface area (Å²) < 4.78 is 31.7. The predicted octanol–water partition coefficient (Wildman–Crippen LogP) is 4.65. The van der Waals surface area contributed by atoms with Crippen LogP contribution in [0.5, 0.6) is 0 Å². The van der Waals surface area contributed by atoms with Gasteiger partial charge in [0.15, 0.2) is 0 Å². The average Bonchev–Trinajstić information content (AvgIpc) is 3.21. The molecule has 1 saturated carbocycles. The lowest BCUT2D eigenvalue weighted by Gasteiger charge is -2.07. The zero-order chi connectivity index (χ0) is 15.6. The van der Waals surface area contributed by atoms with Crippen molar-refractivity contribution in [2.24, 2.45) is 0 Å². The minimum atomic E-state index is -3.24. The van der Waals surface area contributed by atoms with Crippen LogP contribution in [0.25, 0.3) is 11.0 Å². The Morgan fingerprint density at radius 1 is 1.29 bits per heavy atom. The van der Waals surface area contributed by atoms with Crippen LogP contribution in [0.2, 0.25) is 0 Å². The van der Waals surface area contributed by atoms with Crippen LogP contribution in [0.1, 0.15) is 52.3 Å². The lowest BCUT2D eigenvalue weighted by molar-refractivity contribution is 0.550. The maximum absolute atomic E-state index is 11.6. The molecular formula is C16H25NO3S. The van der Waals surface area contributed by atoms with E-state index >= 15 is 0 Å². The normalized spacial score (nSPS) is 14.7. The SMILES string of the molecule is CC.CCS(=O)(=O)Nc1cc(C)c2oc(C3CC3)cc2c1.[HH]. The molecule has 0 spiro atoms. The third kappa shape index (κ3) is 3.59. The van der Waals surface area contributed by atoms with E-state index in [2.05, 4.69) is 4.72 Å². The Hall–Kier alpha value is -1.49. The van der Waals surface area contributed by atoms with Gasteiger partial charge in [0, 0.05) is 18.4 Å². The van der Waals surface area contributed by atoms with Crippen molar-refractivity contribution in [1.29, 1.82) is 0 Å². The van der Waals surface area contributed by atoms with Gasteiger partial charge in [-0.05, 0) is 50.5 Å². The van der Waals surface area contributed by atoms with E-state index in [1.807, 2.05) is 39.0 Å². The van der Waals surface area contributed by atoms with Crippen molar-refractivity contribution < 1.29 is 14.3 Å². The van der Waals surface area contributed by atoms with E-state index in [0.29, 0.717) is 11.6 Å². The van der Waals surface area contributed by atoms with Crippen LogP contribution < -0.4 is 4.72 Å². The fourth-order valence-electron chi connectivity index (χ4n) is 2.23. The molecular weight excluding hydrogens is 286 g/mol. The molecule has 1 N–H and O–H groups in total. The number of nitrogens with one attached hydrogen (secondary N) is 1. The highest BCUT2D eigenvalue weighted by Crippen LogP contribution is 2.43. The number of fused-ring (bicyclic) bond motifs is 1. The quantitative estimate of drug-likeness (QED) is 0.894. The average molecular weight is 311 g/mol. The van der Waals surface area contributed by atoms with Crippen LogP contribution in [0.3, 0.4) is 0 Å². The van der Waals surface area contributed by atoms with E-state index in [1.165, 1.54) is 12.8 Å². The molecule has 2 aromatic rings. The topological polar surface area (TPSA) is 59.3 Å². The molecule has 3 rings (SSSR count). The Morgan fingerprint density at radius 3 is 2.52 bits per heavy atom. The van der Waals surface area contributed by atoms with Crippen molar-refractivity contribution in [3.8, 4) is 0 Å². The van der Waals surface area contributed by atoms with Gasteiger partial charge < -0.3 is 4.42 Å². The summed E-state index contributed by atoms with van der Waals surface area (Å²) in [6, 6.07) is 5.68. The smallest absolute Gasteiger partial charge is 0.232 e. The number of sulfonamides is 1. The summed E-state index contributed by atoms with van der Waals surface area (Å²) in [6.07, 6.45) is 2.38. The molecule has 0 amide bonds. The second-order valence-electron chi connectivity index (χ2n) is 5.14. The van der Waals surface area contributed by atoms with Crippen LogP contribution in [0, 0.1) is 6.92 Å². The Balaban J connectivity index is 0.000000775. The molecule has 1 aliphatic carbocycles. The summed E-state index contributed by atoms with van der Waals surface area (Å²) in [5.41, 5.74) is 2.43. The number of rotatable bonds is 4. The van der Waals surface area contributed by atoms with Crippen molar-refractivity contribution in [3.05, 3.63) is 29.5 Å². The van der Waals surface area contributed by atoms with Gasteiger partial charge in [-0.25, -0.2) is 8.42 Å². The summed E-state index contributed by atoms with van der Waals surface area (Å²) in [4.78, 5) is 0. The summed E-state index contributed by atoms with van der Waals surface area (Å²) in [5, 5.41) is 0.968. The highest BCUT2D eigenvalue weighted by Gasteiger charge is 2.27. The number of aryl methyl sites for hydroxylation is 1. The zero-order valence-corrected chi connectivity index (χ0v) is 13.9. The van der Waals surface area contributed by atoms with E-state index in [9.17, 15) is 8.42 Å². The highest BCUT2D eigenvalue weighted by molar-refractivity contribution is 7.92. The summed E-state index contributed by atoms with van der Waals surface area (Å²) in [7, 11) is -3.24. The summed E-state index contributed by atoms with van der Waals surface area (Å²) >= 11 is 0. The number of hydrogen-bond donors (Lipinski definition) is 1. The molecule has 4 nitrogen and oxygen atoms in total. The van der Waals surface area contributed by atoms with Crippen molar-refractivity contribution >= 4 is 26.7 Å². The summed E-state index contributed by atoms with van der Waals surface area (Å²) in [6.45, 7) is 7.56. The monoisotopic (exact) mass is 311 g/mol. The Bertz CT molecular complexity index is 733. The van der Waals surface area contributed by atoms with Gasteiger partial charge in [0.05, 0.1) is 5.75 Å². The van der Waals surface area contributed by atoms with E-state index < -0.39 is 10.0 Å². The molecule has 0 unspecified atom stereocenters. The number of anilines is 1. The first-order valence-corrected chi connectivity index (χ1v) is 9.18. The van der Waals surface area contributed by atoms with Gasteiger partial charge in [-0.2, -0.15) is 0 Å². The number of benzene rings is 1. The lowest BCUT2D eigenvalue weighted by Crippen LogP contribution is -2.14. The molecule has 1 aromatic heterocycles. The molecule has 0 atom stereocenters. The molecule has 5 heteroatoms. The summed E-state index contributed by atoms with van der Waals surface area (Å²) in [5.74, 6) is 1.65. The van der Waals surface area contributed by atoms with Crippen molar-refractivity contribution in [2.75, 3.05) is 10.5 Å². The fraction of sp³-hybridized carbons (Fsp3) is 0.500. The molecule has 1 aromatic carbocycles. The van der Waals surface area contributed by atoms with Crippen LogP contribution in [-0.4, -0.2) is 14.2 Å². The van der Waals surface area contributed by atoms with Crippen molar-refractivity contribution in [3.63, 3.8) is 0 Å². The Kier molecular flexibility index (Phi) is 4.61. The van der Waals surface area contributed by atoms with E-state index in [0.717, 1.165) is 22.3 Å². The Morgan fingerprint density at radius 2 is 1.95 bits per heavy atom. The van der Waals surface area contributed by atoms with Gasteiger partial charge in [-0.15, -0.1) is 0 Å². The highest BCUT2D eigenvalue weighted by atomic mass is 32.2. The molecule has 0 bridgehead atoms. The third-order valence-corrected chi connectivity index (χ3v) is 4.76. The van der Waals surface area contributed by atoms with E-state index in [1.54, 1.807) is 6.92 Å². The first-order chi connectivity index (χ1) is 9.98. The van der Waals surface area contributed by atoms with Crippen LogP contribution in [0.15, 0.2) is 22.6 Å². The molecule has 0 aliphatic heterocycles. The maximum atomic E-state index is 11.6. The van der Waals surface area contributed by atoms with Crippen molar-refractivity contribution in [1.82, 2.24) is 0 Å². The standard InChI is InChI=1S/C14H17NO3S.C2H6.H2/c1-3-19(16,17)15-12-6-9(2)14-11(7-12)8-13(18-14)10-4-5-10;1-2;/h6-8,10,15H,3-5H2,1-2H3;1-2H3;1H. The van der Waals surface area contributed by atoms with Crippen LogP contribution in [0.4, 0.5) is 5.69 Å². The molecule has 1 heterocycles. The zero-order valence-electron chi connectivity index (χ0n) is 13.1. The van der Waals surface area contributed by atoms with Crippen LogP contribution in [-0.2, 0) is 10.0 Å². The van der Waals surface area contributed by atoms with E-state index in [4.69, 9.17) is 4.42 Å². The molecule has 0 radical (unpaired) electrons. The minimum absolute atomic E-state index is 0. The first-order valence-electron chi connectivity index (χ1n) is 7.53. The molecule has 21 heavy (non-hydrogen) atoms. The molecule has 0 saturated heterocycles. The largest absolute Gasteiger partial charge is 0.461 e. The molecule has 1 aliphatic rings. The number of hydrogen-bond acceptors (Lipinski definition) is 3. The van der Waals surface area contributed by atoms with Crippen molar-refractivity contribution in [2.45, 2.75) is 46.5 Å². The van der Waals surface area contributed by atoms with Gasteiger partial charge >= 0.3 is 0 Å². The first kappa shape index (κ1) is 15.9. The third-order valence-electron chi connectivity index (χ3n) is 3.45. The molecule has 118 valence electrons.